The van der Waals surface area contributed by atoms with E-state index >= 15 is 0 Å². The van der Waals surface area contributed by atoms with E-state index in [1.807, 2.05) is 24.1 Å². The molecule has 3 aliphatic heterocycles. The Morgan fingerprint density at radius 3 is 2.76 bits per heavy atom. The molecular weight excluding hydrogens is 579 g/mol. The molecular formula is C29H35FN6O4S2. The van der Waals surface area contributed by atoms with Crippen molar-refractivity contribution < 1.29 is 23.8 Å². The van der Waals surface area contributed by atoms with Gasteiger partial charge in [-0.3, -0.25) is 14.7 Å². The summed E-state index contributed by atoms with van der Waals surface area (Å²) in [5.74, 6) is -1.22. The fourth-order valence-electron chi connectivity index (χ4n) is 5.87. The Kier molecular flexibility index (Phi) is 8.63. The molecule has 4 heterocycles. The molecule has 3 aliphatic rings. The molecule has 1 aromatic heterocycles. The first-order chi connectivity index (χ1) is 20.0. The van der Waals surface area contributed by atoms with Crippen molar-refractivity contribution in [1.29, 1.82) is 0 Å². The number of thiazole rings is 1. The molecule has 0 saturated carbocycles. The van der Waals surface area contributed by atoms with Crippen LogP contribution in [0.25, 0.3) is 0 Å². The summed E-state index contributed by atoms with van der Waals surface area (Å²) in [4.78, 5) is 40.7. The van der Waals surface area contributed by atoms with E-state index in [4.69, 9.17) is 21.9 Å². The van der Waals surface area contributed by atoms with Gasteiger partial charge in [0, 0.05) is 55.5 Å². The average molecular weight is 615 g/mol. The molecule has 10 nitrogen and oxygen atoms in total. The highest BCUT2D eigenvalue weighted by Gasteiger charge is 2.45. The minimum Gasteiger partial charge on any atom is -0.481 e. The summed E-state index contributed by atoms with van der Waals surface area (Å²) in [5, 5.41) is 16.0. The van der Waals surface area contributed by atoms with Gasteiger partial charge in [0.1, 0.15) is 11.9 Å². The molecule has 2 aromatic rings. The van der Waals surface area contributed by atoms with E-state index in [9.17, 15) is 19.1 Å². The van der Waals surface area contributed by atoms with Crippen LogP contribution in [0.15, 0.2) is 46.0 Å². The number of benzene rings is 1. The Morgan fingerprint density at radius 1 is 1.29 bits per heavy atom. The number of aliphatic carboxylic acids is 1. The van der Waals surface area contributed by atoms with Crippen LogP contribution in [0.3, 0.4) is 0 Å². The van der Waals surface area contributed by atoms with Gasteiger partial charge in [-0.05, 0) is 57.1 Å². The van der Waals surface area contributed by atoms with Crippen molar-refractivity contribution in [3.8, 4) is 0 Å². The van der Waals surface area contributed by atoms with Gasteiger partial charge in [0.2, 0.25) is 0 Å². The molecule has 0 radical (unpaired) electrons. The number of nitrogens with one attached hydrogen (secondary N) is 1. The van der Waals surface area contributed by atoms with E-state index in [2.05, 4.69) is 20.1 Å². The second-order valence-corrected chi connectivity index (χ2v) is 12.5. The minimum atomic E-state index is -0.864. The predicted octanol–water partition coefficient (Wildman–Crippen LogP) is 3.34. The number of rotatable bonds is 9. The molecule has 13 heteroatoms. The fourth-order valence-corrected chi connectivity index (χ4v) is 7.02. The topological polar surface area (TPSA) is 111 Å². The van der Waals surface area contributed by atoms with E-state index in [-0.39, 0.29) is 24.9 Å². The third-order valence-electron chi connectivity index (χ3n) is 7.99. The monoisotopic (exact) mass is 614 g/mol. The summed E-state index contributed by atoms with van der Waals surface area (Å²) in [6, 6.07) is 4.11. The molecule has 5 rings (SSSR count). The van der Waals surface area contributed by atoms with Crippen molar-refractivity contribution in [1.82, 2.24) is 25.0 Å². The number of amidine groups is 1. The highest BCUT2D eigenvalue weighted by molar-refractivity contribution is 7.80. The molecule has 2 atom stereocenters. The number of aromatic nitrogens is 1. The minimum absolute atomic E-state index is 0.0170. The molecule has 42 heavy (non-hydrogen) atoms. The maximum Gasteiger partial charge on any atom is 0.338 e. The number of piperazine rings is 1. The first-order valence-electron chi connectivity index (χ1n) is 13.9. The lowest BCUT2D eigenvalue weighted by molar-refractivity contribution is -0.140. The number of carbonyl (C=O) groups is 2. The third kappa shape index (κ3) is 5.90. The Bertz CT molecular complexity index is 1440. The van der Waals surface area contributed by atoms with Crippen LogP contribution >= 0.6 is 23.6 Å². The smallest absolute Gasteiger partial charge is 0.338 e. The number of carboxylic acid groups (broad SMARTS) is 1. The second-order valence-electron chi connectivity index (χ2n) is 11.3. The van der Waals surface area contributed by atoms with Gasteiger partial charge in [-0.1, -0.05) is 12.1 Å². The molecule has 224 valence electrons. The number of thiocarbonyl (C=S) groups is 1. The SMILES string of the molecule is CCOC(=O)C1=C(CN2CCN3C(=S)N(C(C)(C)CC(=O)O)C[C@@H]3C2)NC(c2nccs2)=N[C@H]1c1cccc(F)c1C. The number of carbonyl (C=O) groups excluding carboxylic acids is 1. The van der Waals surface area contributed by atoms with Gasteiger partial charge in [0.05, 0.1) is 24.6 Å². The molecule has 0 amide bonds. The largest absolute Gasteiger partial charge is 0.481 e. The summed E-state index contributed by atoms with van der Waals surface area (Å²) in [7, 11) is 0. The summed E-state index contributed by atoms with van der Waals surface area (Å²) < 4.78 is 20.2. The van der Waals surface area contributed by atoms with E-state index in [0.29, 0.717) is 71.1 Å². The van der Waals surface area contributed by atoms with Gasteiger partial charge < -0.3 is 25.0 Å². The Morgan fingerprint density at radius 2 is 2.07 bits per heavy atom. The number of ether oxygens (including phenoxy) is 1. The summed E-state index contributed by atoms with van der Waals surface area (Å²) >= 11 is 7.20. The number of nitrogens with zero attached hydrogens (tertiary/aromatic N) is 5. The van der Waals surface area contributed by atoms with Crippen LogP contribution in [-0.4, -0.2) is 98.6 Å². The summed E-state index contributed by atoms with van der Waals surface area (Å²) in [6.45, 7) is 10.5. The lowest BCUT2D eigenvalue weighted by atomic mass is 9.92. The first kappa shape index (κ1) is 30.1. The maximum absolute atomic E-state index is 14.7. The van der Waals surface area contributed by atoms with Crippen LogP contribution in [0.2, 0.25) is 0 Å². The summed E-state index contributed by atoms with van der Waals surface area (Å²) in [6.07, 6.45) is 1.67. The zero-order valence-corrected chi connectivity index (χ0v) is 25.7. The second kappa shape index (κ2) is 12.1. The first-order valence-corrected chi connectivity index (χ1v) is 15.2. The van der Waals surface area contributed by atoms with E-state index < -0.39 is 23.5 Å². The van der Waals surface area contributed by atoms with E-state index in [0.717, 1.165) is 0 Å². The molecule has 0 spiro atoms. The maximum atomic E-state index is 14.7. The number of aliphatic imine (C=N–C) groups is 1. The van der Waals surface area contributed by atoms with Crippen LogP contribution in [0.5, 0.6) is 0 Å². The highest BCUT2D eigenvalue weighted by atomic mass is 32.1. The van der Waals surface area contributed by atoms with Crippen molar-refractivity contribution in [2.45, 2.75) is 51.7 Å². The van der Waals surface area contributed by atoms with Crippen molar-refractivity contribution >= 4 is 46.4 Å². The fraction of sp³-hybridized carbons (Fsp3) is 0.483. The van der Waals surface area contributed by atoms with Crippen molar-refractivity contribution in [3.05, 3.63) is 63.0 Å². The predicted molar refractivity (Wildman–Crippen MR) is 162 cm³/mol. The molecule has 0 bridgehead atoms. The highest BCUT2D eigenvalue weighted by Crippen LogP contribution is 2.36. The zero-order valence-electron chi connectivity index (χ0n) is 24.1. The van der Waals surface area contributed by atoms with Crippen LogP contribution in [0.4, 0.5) is 4.39 Å². The van der Waals surface area contributed by atoms with Gasteiger partial charge in [-0.2, -0.15) is 0 Å². The molecule has 2 fully saturated rings. The van der Waals surface area contributed by atoms with E-state index in [1.54, 1.807) is 32.2 Å². The zero-order chi connectivity index (χ0) is 30.2. The summed E-state index contributed by atoms with van der Waals surface area (Å²) in [5.41, 5.74) is 1.38. The molecule has 0 unspecified atom stereocenters. The van der Waals surface area contributed by atoms with Crippen LogP contribution < -0.4 is 5.32 Å². The number of hydrogen-bond acceptors (Lipinski definition) is 9. The molecule has 1 aromatic carbocycles. The van der Waals surface area contributed by atoms with Gasteiger partial charge in [-0.25, -0.2) is 14.2 Å². The normalized spacial score (nSPS) is 21.3. The Balaban J connectivity index is 1.47. The van der Waals surface area contributed by atoms with Crippen LogP contribution in [-0.2, 0) is 14.3 Å². The van der Waals surface area contributed by atoms with Gasteiger partial charge in [0.25, 0.3) is 0 Å². The lowest BCUT2D eigenvalue weighted by Gasteiger charge is -2.39. The lowest BCUT2D eigenvalue weighted by Crippen LogP contribution is -2.53. The number of halogens is 1. The van der Waals surface area contributed by atoms with Crippen molar-refractivity contribution in [2.24, 2.45) is 4.99 Å². The third-order valence-corrected chi connectivity index (χ3v) is 9.23. The molecule has 2 N–H and O–H groups in total. The molecule has 0 aliphatic carbocycles. The van der Waals surface area contributed by atoms with Crippen LogP contribution in [0.1, 0.15) is 49.4 Å². The average Bonchev–Trinajstić information content (AvgIpc) is 3.58. The van der Waals surface area contributed by atoms with E-state index in [1.165, 1.54) is 17.4 Å². The number of fused-ring (bicyclic) bond motifs is 1. The number of hydrogen-bond donors (Lipinski definition) is 2. The van der Waals surface area contributed by atoms with Crippen molar-refractivity contribution in [2.75, 3.05) is 39.3 Å². The Labute approximate surface area is 253 Å². The quantitative estimate of drug-likeness (QED) is 0.322. The van der Waals surface area contributed by atoms with Gasteiger partial charge in [0.15, 0.2) is 16.0 Å². The number of carboxylic acids is 1. The number of esters is 1. The Hall–Kier alpha value is -3.42. The van der Waals surface area contributed by atoms with Gasteiger partial charge in [-0.15, -0.1) is 11.3 Å². The standard InChI is InChI=1S/C29H35FN6O4S2/c1-5-40-27(39)23-21(16-34-10-11-35-18(14-34)15-36(28(35)41)29(3,4)13-22(37)38)32-25(26-31-9-12-42-26)33-24(23)19-7-6-8-20(30)17(19)2/h6-9,12,18,24H,5,10-11,13-16H2,1-4H3,(H,32,33)(H,37,38)/t18-,24-/m0/s1. The van der Waals surface area contributed by atoms with Crippen molar-refractivity contribution in [3.63, 3.8) is 0 Å². The molecule has 2 saturated heterocycles. The van der Waals surface area contributed by atoms with Gasteiger partial charge >= 0.3 is 11.9 Å². The van der Waals surface area contributed by atoms with Crippen LogP contribution in [0, 0.1) is 12.7 Å².